The van der Waals surface area contributed by atoms with E-state index in [2.05, 4.69) is 79.7 Å². The van der Waals surface area contributed by atoms with Gasteiger partial charge in [0, 0.05) is 0 Å². The van der Waals surface area contributed by atoms with Crippen molar-refractivity contribution in [2.75, 3.05) is 0 Å². The van der Waals surface area contributed by atoms with Gasteiger partial charge in [0.05, 0.1) is 0 Å². The molecular formula is C43H44Cl8Zr. The van der Waals surface area contributed by atoms with Crippen LogP contribution in [0.4, 0.5) is 0 Å². The van der Waals surface area contributed by atoms with Crippen molar-refractivity contribution in [3.8, 4) is 11.1 Å². The van der Waals surface area contributed by atoms with E-state index < -0.39 is 7.59 Å². The zero-order valence-corrected chi connectivity index (χ0v) is 39.2. The van der Waals surface area contributed by atoms with Crippen molar-refractivity contribution in [3.63, 3.8) is 0 Å². The van der Waals surface area contributed by atoms with Crippen molar-refractivity contribution in [1.82, 2.24) is 0 Å². The fraction of sp³-hybridized carbons (Fsp3) is 0.302. The molecule has 0 heterocycles. The van der Waals surface area contributed by atoms with Gasteiger partial charge in [-0.15, -0.1) is 41.5 Å². The fourth-order valence-corrected chi connectivity index (χ4v) is 7.68. The Bertz CT molecular complexity index is 1810. The number of aryl methyl sites for hydroxylation is 2. The number of alkyl halides is 6. The predicted octanol–water partition coefficient (Wildman–Crippen LogP) is 15.0. The SMILES string of the molecule is Cc1[c-]c2c(cc1C(C)(C)C)-c1cc(C(C)(C)C)c(C)cc1C2.Cl.Cl.ClC(Cl)(Cl)c1cccc([C](=[Zr+2])c2cccc(C(Cl)(Cl)Cl)c2)c1.c1cc[cH-]c1. The third-order valence-electron chi connectivity index (χ3n) is 8.59. The second kappa shape index (κ2) is 19.0. The molecule has 0 bridgehead atoms. The van der Waals surface area contributed by atoms with Gasteiger partial charge in [-0.1, -0.05) is 71.6 Å². The van der Waals surface area contributed by atoms with Gasteiger partial charge in [0.25, 0.3) is 0 Å². The Kier molecular flexibility index (Phi) is 17.3. The summed E-state index contributed by atoms with van der Waals surface area (Å²) >= 11 is 36.9. The van der Waals surface area contributed by atoms with Crippen molar-refractivity contribution in [3.05, 3.63) is 159 Å². The maximum absolute atomic E-state index is 5.94. The van der Waals surface area contributed by atoms with Gasteiger partial charge >= 0.3 is 175 Å². The zero-order chi connectivity index (χ0) is 37.2. The summed E-state index contributed by atoms with van der Waals surface area (Å²) < 4.78 is -1.82. The first-order chi connectivity index (χ1) is 23.1. The second-order valence-electron chi connectivity index (χ2n) is 14.7. The summed E-state index contributed by atoms with van der Waals surface area (Å²) in [4.78, 5) is 0. The first kappa shape index (κ1) is 47.5. The van der Waals surface area contributed by atoms with Crippen LogP contribution in [0.2, 0.25) is 0 Å². The average molecular weight is 936 g/mol. The Morgan fingerprint density at radius 1 is 0.635 bits per heavy atom. The second-order valence-corrected chi connectivity index (χ2v) is 20.5. The van der Waals surface area contributed by atoms with Crippen molar-refractivity contribution in [2.45, 2.75) is 80.2 Å². The smallest absolute Gasteiger partial charge is 0.172 e. The molecule has 6 rings (SSSR count). The standard InChI is InChI=1S/C23H29.C15H8Cl6.C5H5.2ClH.Zr/c1-14-9-16-11-17-10-15(2)21(23(6,7)8)13-19(17)18(16)12-20(14)22(3,4)5;16-14(17,18)12-5-1-3-10(8-12)7-11-4-2-6-13(9-11)15(19,20)21;1-2-4-5-3-1;;;/h9,12-13H,11H2,1-8H3;1-6,8-9H;1-5H;2*1H;/q-1;;-1;;;+2. The largest absolute Gasteiger partial charge is 0.214 e. The summed E-state index contributed by atoms with van der Waals surface area (Å²) in [6.07, 6.45) is 1.03. The van der Waals surface area contributed by atoms with Crippen molar-refractivity contribution < 1.29 is 24.2 Å². The molecule has 0 nitrogen and oxygen atoms in total. The van der Waals surface area contributed by atoms with Crippen LogP contribution >= 0.6 is 94.4 Å². The van der Waals surface area contributed by atoms with E-state index in [-0.39, 0.29) is 35.6 Å². The van der Waals surface area contributed by atoms with Gasteiger partial charge < -0.3 is 0 Å². The fourth-order valence-electron chi connectivity index (χ4n) is 6.21. The molecule has 0 radical (unpaired) electrons. The summed E-state index contributed by atoms with van der Waals surface area (Å²) in [7, 11) is 0. The summed E-state index contributed by atoms with van der Waals surface area (Å²) in [6, 6.07) is 35.9. The summed E-state index contributed by atoms with van der Waals surface area (Å²) in [6.45, 7) is 18.2. The predicted molar refractivity (Wildman–Crippen MR) is 231 cm³/mol. The molecule has 5 aromatic carbocycles. The topological polar surface area (TPSA) is 0 Å². The monoisotopic (exact) mass is 930 g/mol. The molecule has 52 heavy (non-hydrogen) atoms. The molecular weight excluding hydrogens is 891 g/mol. The van der Waals surface area contributed by atoms with Crippen LogP contribution in [-0.2, 0) is 49.1 Å². The molecule has 0 aromatic heterocycles. The Hall–Kier alpha value is -0.697. The van der Waals surface area contributed by atoms with Gasteiger partial charge in [0.1, 0.15) is 0 Å². The normalized spacial score (nSPS) is 12.2. The van der Waals surface area contributed by atoms with Crippen LogP contribution in [0.25, 0.3) is 11.1 Å². The summed E-state index contributed by atoms with van der Waals surface area (Å²) in [5.74, 6) is 0. The molecule has 0 unspecified atom stereocenters. The molecule has 5 aromatic rings. The Morgan fingerprint density at radius 2 is 1.10 bits per heavy atom. The number of hydrogen-bond acceptors (Lipinski definition) is 0. The molecule has 0 saturated carbocycles. The molecule has 0 aliphatic heterocycles. The van der Waals surface area contributed by atoms with Gasteiger partial charge in [0.15, 0.2) is 0 Å². The van der Waals surface area contributed by atoms with Crippen molar-refractivity contribution >= 4 is 97.6 Å². The van der Waals surface area contributed by atoms with Crippen LogP contribution in [0.3, 0.4) is 0 Å². The van der Waals surface area contributed by atoms with Crippen LogP contribution < -0.4 is 0 Å². The molecule has 9 heteroatoms. The van der Waals surface area contributed by atoms with Crippen LogP contribution in [0.5, 0.6) is 0 Å². The quantitative estimate of drug-likeness (QED) is 0.120. The van der Waals surface area contributed by atoms with E-state index in [4.69, 9.17) is 69.6 Å². The third kappa shape index (κ3) is 12.4. The van der Waals surface area contributed by atoms with Crippen molar-refractivity contribution in [1.29, 1.82) is 0 Å². The number of benzene rings is 4. The first-order valence-corrected chi connectivity index (χ1v) is 19.9. The first-order valence-electron chi connectivity index (χ1n) is 16.4. The average Bonchev–Trinajstić information content (AvgIpc) is 3.70. The molecule has 0 spiro atoms. The molecule has 0 amide bonds. The molecule has 0 atom stereocenters. The Labute approximate surface area is 368 Å². The van der Waals surface area contributed by atoms with E-state index in [9.17, 15) is 0 Å². The van der Waals surface area contributed by atoms with Gasteiger partial charge in [-0.25, -0.2) is 12.1 Å². The maximum Gasteiger partial charge on any atom is -0.172 e. The van der Waals surface area contributed by atoms with E-state index in [0.29, 0.717) is 11.1 Å². The minimum absolute atomic E-state index is 0. The summed E-state index contributed by atoms with van der Waals surface area (Å²) in [5, 5.41) is 0. The van der Waals surface area contributed by atoms with Crippen LogP contribution in [0.1, 0.15) is 97.2 Å². The number of rotatable bonds is 2. The third-order valence-corrected chi connectivity index (χ3v) is 11.3. The van der Waals surface area contributed by atoms with Gasteiger partial charge in [-0.2, -0.15) is 35.9 Å². The van der Waals surface area contributed by atoms with Crippen molar-refractivity contribution in [2.24, 2.45) is 0 Å². The van der Waals surface area contributed by atoms with E-state index in [1.54, 1.807) is 12.1 Å². The van der Waals surface area contributed by atoms with E-state index in [0.717, 1.165) is 20.8 Å². The van der Waals surface area contributed by atoms with Crippen LogP contribution in [-0.4, -0.2) is 3.21 Å². The number of hydrogen-bond donors (Lipinski definition) is 0. The molecule has 0 saturated heterocycles. The summed E-state index contributed by atoms with van der Waals surface area (Å²) in [5.41, 5.74) is 14.8. The number of fused-ring (bicyclic) bond motifs is 3. The van der Waals surface area contributed by atoms with Gasteiger partial charge in [0.2, 0.25) is 0 Å². The Balaban J connectivity index is 0.000000307. The van der Waals surface area contributed by atoms with Crippen LogP contribution in [0.15, 0.2) is 97.1 Å². The van der Waals surface area contributed by atoms with E-state index >= 15 is 0 Å². The molecule has 1 aliphatic rings. The van der Waals surface area contributed by atoms with E-state index in [1.165, 1.54) is 68.7 Å². The van der Waals surface area contributed by atoms with Gasteiger partial charge in [-0.3, -0.25) is 0 Å². The minimum Gasteiger partial charge on any atom is -0.214 e. The maximum atomic E-state index is 5.94. The van der Waals surface area contributed by atoms with E-state index in [1.807, 2.05) is 66.7 Å². The van der Waals surface area contributed by atoms with Crippen LogP contribution in [0, 0.1) is 19.9 Å². The van der Waals surface area contributed by atoms with Gasteiger partial charge in [-0.05, 0) is 35.4 Å². The molecule has 276 valence electrons. The molecule has 1 aliphatic carbocycles. The zero-order valence-electron chi connectivity index (χ0n) is 30.5. The molecule has 0 fully saturated rings. The minimum atomic E-state index is -1.45. The number of halogens is 8. The molecule has 0 N–H and O–H groups in total. The Morgan fingerprint density at radius 3 is 1.50 bits per heavy atom.